The first kappa shape index (κ1) is 12.1. The lowest BCUT2D eigenvalue weighted by molar-refractivity contribution is -0.231. The Labute approximate surface area is 81.0 Å². The van der Waals surface area contributed by atoms with Crippen LogP contribution in [-0.4, -0.2) is 17.1 Å². The van der Waals surface area contributed by atoms with Crippen molar-refractivity contribution in [2.75, 3.05) is 0 Å². The van der Waals surface area contributed by atoms with E-state index in [1.54, 1.807) is 24.3 Å². The first-order chi connectivity index (χ1) is 6.57. The molecule has 0 aliphatic heterocycles. The maximum Gasteiger partial charge on any atom is 0.339 e. The van der Waals surface area contributed by atoms with Crippen molar-refractivity contribution in [3.63, 3.8) is 0 Å². The van der Waals surface area contributed by atoms with Gasteiger partial charge in [0.1, 0.15) is 0 Å². The molecule has 0 fully saturated rings. The normalized spacial score (nSPS) is 8.14. The molecule has 3 N–H and O–H groups in total. The lowest BCUT2D eigenvalue weighted by Crippen LogP contribution is -2.09. The molecule has 14 heavy (non-hydrogen) atoms. The molecule has 0 aliphatic carbocycles. The van der Waals surface area contributed by atoms with Gasteiger partial charge < -0.3 is 10.6 Å². The fourth-order valence-electron chi connectivity index (χ4n) is 0.602. The van der Waals surface area contributed by atoms with Crippen LogP contribution < -0.4 is 5.73 Å². The highest BCUT2D eigenvalue weighted by Crippen LogP contribution is 1.94. The summed E-state index contributed by atoms with van der Waals surface area (Å²) in [6.07, 6.45) is 0. The molecular formula is C9H11NO4. The Morgan fingerprint density at radius 2 is 1.71 bits per heavy atom. The van der Waals surface area contributed by atoms with Crippen molar-refractivity contribution < 1.29 is 19.7 Å². The number of primary amides is 1. The van der Waals surface area contributed by atoms with Crippen molar-refractivity contribution in [3.05, 3.63) is 35.9 Å². The van der Waals surface area contributed by atoms with Crippen LogP contribution in [-0.2, 0) is 9.68 Å². The molecule has 0 atom stereocenters. The molecular weight excluding hydrogens is 186 g/mol. The molecule has 0 radical (unpaired) electrons. The molecule has 1 aromatic rings. The number of carbonyl (C=O) groups excluding carboxylic acids is 2. The first-order valence-corrected chi connectivity index (χ1v) is 3.74. The number of carbonyl (C=O) groups is 2. The standard InChI is InChI=1S/C7H7NO.C2H4O3/c8-7(9)6-4-2-1-3-5-6;1-2(3)5-4/h1-5H,(H2,8,9);4H,1H3. The van der Waals surface area contributed by atoms with Gasteiger partial charge in [-0.1, -0.05) is 18.2 Å². The molecule has 76 valence electrons. The average molecular weight is 197 g/mol. The summed E-state index contributed by atoms with van der Waals surface area (Å²) in [4.78, 5) is 22.9. The first-order valence-electron chi connectivity index (χ1n) is 3.74. The van der Waals surface area contributed by atoms with E-state index in [1.807, 2.05) is 6.07 Å². The van der Waals surface area contributed by atoms with Crippen LogP contribution in [0.3, 0.4) is 0 Å². The monoisotopic (exact) mass is 197 g/mol. The van der Waals surface area contributed by atoms with Gasteiger partial charge in [0.05, 0.1) is 0 Å². The van der Waals surface area contributed by atoms with Crippen molar-refractivity contribution in [2.45, 2.75) is 6.92 Å². The minimum Gasteiger partial charge on any atom is -0.366 e. The van der Waals surface area contributed by atoms with Crippen molar-refractivity contribution in [3.8, 4) is 0 Å². The average Bonchev–Trinajstić information content (AvgIpc) is 2.20. The zero-order valence-corrected chi connectivity index (χ0v) is 7.64. The maximum atomic E-state index is 10.4. The summed E-state index contributed by atoms with van der Waals surface area (Å²) in [7, 11) is 0. The molecule has 0 spiro atoms. The molecule has 0 aliphatic rings. The highest BCUT2D eigenvalue weighted by molar-refractivity contribution is 5.92. The van der Waals surface area contributed by atoms with Gasteiger partial charge in [0.2, 0.25) is 5.91 Å². The summed E-state index contributed by atoms with van der Waals surface area (Å²) in [5.74, 6) is -1.07. The van der Waals surface area contributed by atoms with Crippen LogP contribution in [0.25, 0.3) is 0 Å². The van der Waals surface area contributed by atoms with E-state index in [4.69, 9.17) is 11.0 Å². The largest absolute Gasteiger partial charge is 0.366 e. The van der Waals surface area contributed by atoms with Gasteiger partial charge >= 0.3 is 5.97 Å². The number of amides is 1. The van der Waals surface area contributed by atoms with Gasteiger partial charge in [-0.3, -0.25) is 4.79 Å². The van der Waals surface area contributed by atoms with Crippen LogP contribution in [0.4, 0.5) is 0 Å². The highest BCUT2D eigenvalue weighted by Gasteiger charge is 1.93. The van der Waals surface area contributed by atoms with Gasteiger partial charge in [-0.15, -0.1) is 0 Å². The number of nitrogens with two attached hydrogens (primary N) is 1. The van der Waals surface area contributed by atoms with E-state index in [-0.39, 0.29) is 5.91 Å². The SMILES string of the molecule is CC(=O)OO.NC(=O)c1ccccc1. The third-order valence-electron chi connectivity index (χ3n) is 1.19. The number of hydrogen-bond acceptors (Lipinski definition) is 4. The second-order valence-corrected chi connectivity index (χ2v) is 2.31. The Morgan fingerprint density at radius 1 is 1.29 bits per heavy atom. The van der Waals surface area contributed by atoms with Crippen LogP contribution in [0.5, 0.6) is 0 Å². The fourth-order valence-corrected chi connectivity index (χ4v) is 0.602. The van der Waals surface area contributed by atoms with Crippen LogP contribution in [0.1, 0.15) is 17.3 Å². The number of rotatable bonds is 1. The minimum atomic E-state index is -0.690. The molecule has 1 amide bonds. The molecule has 1 aromatic carbocycles. The van der Waals surface area contributed by atoms with Gasteiger partial charge in [-0.25, -0.2) is 4.79 Å². The van der Waals surface area contributed by atoms with Crippen molar-refractivity contribution in [2.24, 2.45) is 5.73 Å². The van der Waals surface area contributed by atoms with E-state index in [1.165, 1.54) is 0 Å². The summed E-state index contributed by atoms with van der Waals surface area (Å²) in [5, 5.41) is 7.29. The molecule has 0 aromatic heterocycles. The highest BCUT2D eigenvalue weighted by atomic mass is 17.1. The van der Waals surface area contributed by atoms with Gasteiger partial charge in [0.15, 0.2) is 0 Å². The Morgan fingerprint density at radius 3 is 1.93 bits per heavy atom. The summed E-state index contributed by atoms with van der Waals surface area (Å²) in [5.41, 5.74) is 5.53. The molecule has 0 saturated carbocycles. The molecule has 0 bridgehead atoms. The Bertz CT molecular complexity index is 297. The molecule has 5 nitrogen and oxygen atoms in total. The van der Waals surface area contributed by atoms with E-state index in [2.05, 4.69) is 4.89 Å². The van der Waals surface area contributed by atoms with Gasteiger partial charge in [0, 0.05) is 12.5 Å². The number of benzene rings is 1. The topological polar surface area (TPSA) is 89.6 Å². The second-order valence-electron chi connectivity index (χ2n) is 2.31. The molecule has 0 saturated heterocycles. The third-order valence-corrected chi connectivity index (χ3v) is 1.19. The zero-order valence-electron chi connectivity index (χ0n) is 7.64. The van der Waals surface area contributed by atoms with E-state index in [0.717, 1.165) is 6.92 Å². The molecule has 1 rings (SSSR count). The van der Waals surface area contributed by atoms with Gasteiger partial charge in [0.25, 0.3) is 0 Å². The lowest BCUT2D eigenvalue weighted by atomic mass is 10.2. The van der Waals surface area contributed by atoms with Crippen molar-refractivity contribution in [1.29, 1.82) is 0 Å². The third kappa shape index (κ3) is 5.73. The maximum absolute atomic E-state index is 10.4. The number of hydrogen-bond donors (Lipinski definition) is 2. The van der Waals surface area contributed by atoms with Gasteiger partial charge in [-0.2, -0.15) is 5.26 Å². The van der Waals surface area contributed by atoms with E-state index >= 15 is 0 Å². The summed E-state index contributed by atoms with van der Waals surface area (Å²) in [6, 6.07) is 8.76. The quantitative estimate of drug-likeness (QED) is 0.515. The van der Waals surface area contributed by atoms with Crippen LogP contribution in [0, 0.1) is 0 Å². The molecule has 0 unspecified atom stereocenters. The fraction of sp³-hybridized carbons (Fsp3) is 0.111. The summed E-state index contributed by atoms with van der Waals surface area (Å²) < 4.78 is 0. The van der Waals surface area contributed by atoms with Crippen molar-refractivity contribution >= 4 is 11.9 Å². The lowest BCUT2D eigenvalue weighted by Gasteiger charge is -1.89. The van der Waals surface area contributed by atoms with Crippen LogP contribution in [0.15, 0.2) is 30.3 Å². The smallest absolute Gasteiger partial charge is 0.339 e. The minimum absolute atomic E-state index is 0.379. The van der Waals surface area contributed by atoms with Crippen LogP contribution >= 0.6 is 0 Å². The Balaban J connectivity index is 0.000000292. The molecule has 5 heteroatoms. The van der Waals surface area contributed by atoms with E-state index < -0.39 is 5.97 Å². The van der Waals surface area contributed by atoms with E-state index in [0.29, 0.717) is 5.56 Å². The van der Waals surface area contributed by atoms with Gasteiger partial charge in [-0.05, 0) is 12.1 Å². The van der Waals surface area contributed by atoms with Crippen LogP contribution in [0.2, 0.25) is 0 Å². The predicted molar refractivity (Wildman–Crippen MR) is 49.4 cm³/mol. The molecule has 0 heterocycles. The second kappa shape index (κ2) is 6.62. The van der Waals surface area contributed by atoms with E-state index in [9.17, 15) is 9.59 Å². The Hall–Kier alpha value is -1.88. The predicted octanol–water partition coefficient (Wildman–Crippen LogP) is 0.808. The Kier molecular flexibility index (Phi) is 5.73. The summed E-state index contributed by atoms with van der Waals surface area (Å²) in [6.45, 7) is 1.11. The zero-order chi connectivity index (χ0) is 11.0. The summed E-state index contributed by atoms with van der Waals surface area (Å²) >= 11 is 0. The van der Waals surface area contributed by atoms with Crippen molar-refractivity contribution in [1.82, 2.24) is 0 Å².